The molecule has 0 saturated heterocycles. The van der Waals surface area contributed by atoms with E-state index in [9.17, 15) is 4.79 Å². The Labute approximate surface area is 106 Å². The molecule has 4 heteroatoms. The zero-order valence-electron chi connectivity index (χ0n) is 10.6. The third-order valence-electron chi connectivity index (χ3n) is 3.05. The van der Waals surface area contributed by atoms with Crippen molar-refractivity contribution < 1.29 is 9.90 Å². The van der Waals surface area contributed by atoms with Gasteiger partial charge in [0.05, 0.1) is 0 Å². The summed E-state index contributed by atoms with van der Waals surface area (Å²) in [5.41, 5.74) is 3.50. The number of carboxylic acids is 1. The van der Waals surface area contributed by atoms with Crippen molar-refractivity contribution in [3.63, 3.8) is 0 Å². The monoisotopic (exact) mass is 244 g/mol. The summed E-state index contributed by atoms with van der Waals surface area (Å²) in [6.45, 7) is 4.65. The second-order valence-electron chi connectivity index (χ2n) is 4.38. The highest BCUT2D eigenvalue weighted by molar-refractivity contribution is 5.85. The number of carboxylic acid groups (broad SMARTS) is 1. The lowest BCUT2D eigenvalue weighted by Crippen LogP contribution is -2.07. The van der Waals surface area contributed by atoms with Crippen molar-refractivity contribution in [3.8, 4) is 0 Å². The summed E-state index contributed by atoms with van der Waals surface area (Å²) in [6.07, 6.45) is 0.855. The number of hydrogen-bond acceptors (Lipinski definition) is 2. The largest absolute Gasteiger partial charge is 0.476 e. The van der Waals surface area contributed by atoms with Crippen LogP contribution in [0.3, 0.4) is 0 Å². The van der Waals surface area contributed by atoms with Crippen molar-refractivity contribution in [1.29, 1.82) is 0 Å². The van der Waals surface area contributed by atoms with E-state index >= 15 is 0 Å². The maximum absolute atomic E-state index is 10.8. The van der Waals surface area contributed by atoms with Gasteiger partial charge in [-0.05, 0) is 37.5 Å². The highest BCUT2D eigenvalue weighted by Crippen LogP contribution is 2.10. The van der Waals surface area contributed by atoms with Gasteiger partial charge in [0, 0.05) is 12.2 Å². The fourth-order valence-electron chi connectivity index (χ4n) is 1.96. The molecule has 1 heterocycles. The van der Waals surface area contributed by atoms with Gasteiger partial charge >= 0.3 is 5.97 Å². The van der Waals surface area contributed by atoms with Crippen LogP contribution in [0.4, 0.5) is 0 Å². The number of hydrogen-bond donors (Lipinski definition) is 1. The topological polar surface area (TPSA) is 55.1 Å². The van der Waals surface area contributed by atoms with E-state index in [0.29, 0.717) is 6.54 Å². The first-order valence-electron chi connectivity index (χ1n) is 5.90. The molecule has 0 aliphatic carbocycles. The van der Waals surface area contributed by atoms with Crippen molar-refractivity contribution >= 4 is 5.97 Å². The smallest absolute Gasteiger partial charge is 0.356 e. The zero-order chi connectivity index (χ0) is 13.1. The Kier molecular flexibility index (Phi) is 3.46. The van der Waals surface area contributed by atoms with E-state index in [4.69, 9.17) is 5.11 Å². The molecule has 2 rings (SSSR count). The first-order valence-corrected chi connectivity index (χ1v) is 5.90. The summed E-state index contributed by atoms with van der Waals surface area (Å²) in [5.74, 6) is -0.979. The Morgan fingerprint density at radius 1 is 1.33 bits per heavy atom. The minimum Gasteiger partial charge on any atom is -0.476 e. The van der Waals surface area contributed by atoms with Crippen LogP contribution in [0.15, 0.2) is 30.3 Å². The summed E-state index contributed by atoms with van der Waals surface area (Å²) in [4.78, 5) is 10.8. The molecule has 1 aromatic heterocycles. The predicted octanol–water partition coefficient (Wildman–Crippen LogP) is 2.44. The Morgan fingerprint density at radius 2 is 2.06 bits per heavy atom. The molecular weight excluding hydrogens is 228 g/mol. The SMILES string of the molecule is Cc1ccccc1CCn1nc(C(=O)O)cc1C. The second kappa shape index (κ2) is 5.04. The quantitative estimate of drug-likeness (QED) is 0.898. The normalized spacial score (nSPS) is 10.6. The molecule has 0 bridgehead atoms. The van der Waals surface area contributed by atoms with E-state index < -0.39 is 5.97 Å². The van der Waals surface area contributed by atoms with E-state index in [1.807, 2.05) is 19.1 Å². The highest BCUT2D eigenvalue weighted by Gasteiger charge is 2.10. The molecule has 0 saturated carbocycles. The van der Waals surface area contributed by atoms with Crippen molar-refractivity contribution in [3.05, 3.63) is 52.8 Å². The van der Waals surface area contributed by atoms with Crippen LogP contribution in [-0.4, -0.2) is 20.9 Å². The number of aromatic carboxylic acids is 1. The minimum absolute atomic E-state index is 0.109. The first kappa shape index (κ1) is 12.4. The van der Waals surface area contributed by atoms with Crippen molar-refractivity contribution in [2.75, 3.05) is 0 Å². The predicted molar refractivity (Wildman–Crippen MR) is 68.8 cm³/mol. The molecule has 2 aromatic rings. The van der Waals surface area contributed by atoms with Gasteiger partial charge in [0.2, 0.25) is 0 Å². The summed E-state index contributed by atoms with van der Waals surface area (Å²) < 4.78 is 1.75. The molecule has 0 amide bonds. The number of nitrogens with zero attached hydrogens (tertiary/aromatic N) is 2. The molecule has 0 aliphatic rings. The maximum Gasteiger partial charge on any atom is 0.356 e. The van der Waals surface area contributed by atoms with Gasteiger partial charge in [-0.3, -0.25) is 4.68 Å². The van der Waals surface area contributed by atoms with Crippen molar-refractivity contribution in [2.45, 2.75) is 26.8 Å². The van der Waals surface area contributed by atoms with Gasteiger partial charge in [0.15, 0.2) is 5.69 Å². The third-order valence-corrected chi connectivity index (χ3v) is 3.05. The molecule has 94 valence electrons. The molecule has 0 atom stereocenters. The number of benzene rings is 1. The average Bonchev–Trinajstić information content (AvgIpc) is 2.70. The lowest BCUT2D eigenvalue weighted by Gasteiger charge is -2.07. The average molecular weight is 244 g/mol. The Balaban J connectivity index is 2.11. The fraction of sp³-hybridized carbons (Fsp3) is 0.286. The van der Waals surface area contributed by atoms with Crippen LogP contribution in [0.5, 0.6) is 0 Å². The summed E-state index contributed by atoms with van der Waals surface area (Å²) in [7, 11) is 0. The highest BCUT2D eigenvalue weighted by atomic mass is 16.4. The van der Waals surface area contributed by atoms with Gasteiger partial charge in [-0.15, -0.1) is 0 Å². The molecule has 4 nitrogen and oxygen atoms in total. The molecule has 0 radical (unpaired) electrons. The third kappa shape index (κ3) is 2.59. The van der Waals surface area contributed by atoms with Gasteiger partial charge in [-0.25, -0.2) is 4.79 Å². The maximum atomic E-state index is 10.8. The van der Waals surface area contributed by atoms with Crippen LogP contribution >= 0.6 is 0 Å². The molecular formula is C14H16N2O2. The zero-order valence-corrected chi connectivity index (χ0v) is 10.6. The fourth-order valence-corrected chi connectivity index (χ4v) is 1.96. The number of aromatic nitrogens is 2. The van der Waals surface area contributed by atoms with Crippen molar-refractivity contribution in [2.24, 2.45) is 0 Å². The van der Waals surface area contributed by atoms with Crippen LogP contribution in [0.2, 0.25) is 0 Å². The van der Waals surface area contributed by atoms with E-state index in [1.165, 1.54) is 11.1 Å². The number of carbonyl (C=O) groups is 1. The second-order valence-corrected chi connectivity index (χ2v) is 4.38. The molecule has 18 heavy (non-hydrogen) atoms. The number of aryl methyl sites for hydroxylation is 4. The summed E-state index contributed by atoms with van der Waals surface area (Å²) >= 11 is 0. The lowest BCUT2D eigenvalue weighted by molar-refractivity contribution is 0.0689. The molecule has 0 spiro atoms. The van der Waals surface area contributed by atoms with Gasteiger partial charge < -0.3 is 5.11 Å². The van der Waals surface area contributed by atoms with Crippen molar-refractivity contribution in [1.82, 2.24) is 9.78 Å². The Hall–Kier alpha value is -2.10. The molecule has 0 unspecified atom stereocenters. The van der Waals surface area contributed by atoms with Gasteiger partial charge in [0.25, 0.3) is 0 Å². The van der Waals surface area contributed by atoms with E-state index in [2.05, 4.69) is 24.2 Å². The van der Waals surface area contributed by atoms with E-state index in [-0.39, 0.29) is 5.69 Å². The molecule has 0 aliphatic heterocycles. The standard InChI is InChI=1S/C14H16N2O2/c1-10-5-3-4-6-12(10)7-8-16-11(2)9-13(15-16)14(17)18/h3-6,9H,7-8H2,1-2H3,(H,17,18). The van der Waals surface area contributed by atoms with Crippen LogP contribution in [0.1, 0.15) is 27.3 Å². The first-order chi connectivity index (χ1) is 8.58. The molecule has 1 aromatic carbocycles. The minimum atomic E-state index is -0.979. The Bertz CT molecular complexity index is 573. The van der Waals surface area contributed by atoms with Crippen LogP contribution in [0.25, 0.3) is 0 Å². The van der Waals surface area contributed by atoms with Crippen LogP contribution < -0.4 is 0 Å². The lowest BCUT2D eigenvalue weighted by atomic mass is 10.1. The molecule has 1 N–H and O–H groups in total. The Morgan fingerprint density at radius 3 is 2.67 bits per heavy atom. The van der Waals surface area contributed by atoms with E-state index in [1.54, 1.807) is 10.7 Å². The summed E-state index contributed by atoms with van der Waals surface area (Å²) in [5, 5.41) is 12.9. The molecule has 0 fully saturated rings. The number of rotatable bonds is 4. The van der Waals surface area contributed by atoms with Gasteiger partial charge in [-0.1, -0.05) is 24.3 Å². The van der Waals surface area contributed by atoms with Crippen LogP contribution in [0, 0.1) is 13.8 Å². The van der Waals surface area contributed by atoms with E-state index in [0.717, 1.165) is 12.1 Å². The summed E-state index contributed by atoms with van der Waals surface area (Å²) in [6, 6.07) is 9.79. The van der Waals surface area contributed by atoms with Crippen LogP contribution in [-0.2, 0) is 13.0 Å². The van der Waals surface area contributed by atoms with Gasteiger partial charge in [-0.2, -0.15) is 5.10 Å². The van der Waals surface area contributed by atoms with Gasteiger partial charge in [0.1, 0.15) is 0 Å².